The van der Waals surface area contributed by atoms with E-state index in [1.165, 1.54) is 206 Å². The molecule has 0 spiro atoms. The molecule has 0 aliphatic rings. The molecule has 0 heteroatoms. The van der Waals surface area contributed by atoms with Gasteiger partial charge in [0.1, 0.15) is 0 Å². The minimum atomic E-state index is 1.20. The highest BCUT2D eigenvalue weighted by Gasteiger charge is 2.09. The molecule has 0 radical (unpaired) electrons. The van der Waals surface area contributed by atoms with Gasteiger partial charge in [-0.05, 0) is 115 Å². The van der Waals surface area contributed by atoms with Crippen LogP contribution in [0.25, 0.3) is 53.9 Å². The molecule has 0 unspecified atom stereocenters. The fourth-order valence-corrected chi connectivity index (χ4v) is 8.41. The molecule has 0 aromatic heterocycles. The lowest BCUT2D eigenvalue weighted by molar-refractivity contribution is 0.556. The molecular formula is C50H64. The second-order valence-corrected chi connectivity index (χ2v) is 15.6. The Labute approximate surface area is 304 Å². The molecule has 0 saturated carbocycles. The fraction of sp³-hybridized carbons (Fsp3) is 0.480. The lowest BCUT2D eigenvalue weighted by Gasteiger charge is -2.12. The van der Waals surface area contributed by atoms with Crippen LogP contribution in [0.1, 0.15) is 153 Å². The van der Waals surface area contributed by atoms with Crippen LogP contribution in [0.2, 0.25) is 0 Å². The summed E-state index contributed by atoms with van der Waals surface area (Å²) in [6.07, 6.45) is 30.3. The van der Waals surface area contributed by atoms with Crippen LogP contribution in [0.15, 0.2) is 84.9 Å². The first-order valence-corrected chi connectivity index (χ1v) is 21.0. The molecular weight excluding hydrogens is 601 g/mol. The summed E-state index contributed by atoms with van der Waals surface area (Å²) in [7, 11) is 0. The minimum absolute atomic E-state index is 1.20. The highest BCUT2D eigenvalue weighted by Crippen LogP contribution is 2.36. The second kappa shape index (κ2) is 19.3. The van der Waals surface area contributed by atoms with Crippen molar-refractivity contribution < 1.29 is 0 Å². The zero-order valence-corrected chi connectivity index (χ0v) is 31.6. The normalized spacial score (nSPS) is 12.0. The van der Waals surface area contributed by atoms with Gasteiger partial charge in [-0.3, -0.25) is 0 Å². The third-order valence-corrected chi connectivity index (χ3v) is 11.5. The van der Waals surface area contributed by atoms with Gasteiger partial charge in [-0.25, -0.2) is 0 Å². The molecule has 0 bridgehead atoms. The summed E-state index contributed by atoms with van der Waals surface area (Å²) < 4.78 is 0. The molecule has 0 N–H and O–H groups in total. The zero-order chi connectivity index (χ0) is 34.4. The predicted octanol–water partition coefficient (Wildman–Crippen LogP) is 16.4. The van der Waals surface area contributed by atoms with Crippen LogP contribution in [0, 0.1) is 0 Å². The topological polar surface area (TPSA) is 0 Å². The van der Waals surface area contributed by atoms with E-state index in [-0.39, 0.29) is 0 Å². The third-order valence-electron chi connectivity index (χ3n) is 11.5. The molecule has 0 nitrogen and oxygen atoms in total. The van der Waals surface area contributed by atoms with Gasteiger partial charge >= 0.3 is 0 Å². The van der Waals surface area contributed by atoms with Gasteiger partial charge in [0.25, 0.3) is 0 Å². The van der Waals surface area contributed by atoms with Crippen molar-refractivity contribution in [3.05, 3.63) is 96.1 Å². The van der Waals surface area contributed by atoms with E-state index < -0.39 is 0 Å². The maximum atomic E-state index is 2.45. The average molecular weight is 665 g/mol. The van der Waals surface area contributed by atoms with E-state index in [4.69, 9.17) is 0 Å². The molecule has 0 atom stereocenters. The van der Waals surface area contributed by atoms with Gasteiger partial charge in [0.05, 0.1) is 0 Å². The largest absolute Gasteiger partial charge is 0.0654 e. The van der Waals surface area contributed by atoms with Crippen molar-refractivity contribution in [2.24, 2.45) is 0 Å². The van der Waals surface area contributed by atoms with Crippen molar-refractivity contribution in [1.29, 1.82) is 0 Å². The number of hydrogen-bond donors (Lipinski definition) is 0. The van der Waals surface area contributed by atoms with Crippen LogP contribution in [-0.2, 0) is 12.8 Å². The maximum Gasteiger partial charge on any atom is -0.00987 e. The van der Waals surface area contributed by atoms with Crippen molar-refractivity contribution in [1.82, 2.24) is 0 Å². The Hall–Kier alpha value is -3.38. The summed E-state index contributed by atoms with van der Waals surface area (Å²) >= 11 is 0. The molecule has 0 saturated heterocycles. The molecule has 6 aromatic carbocycles. The molecule has 0 heterocycles. The Bertz CT molecular complexity index is 1800. The zero-order valence-electron chi connectivity index (χ0n) is 31.6. The van der Waals surface area contributed by atoms with Crippen molar-refractivity contribution in [3.8, 4) is 0 Å². The Morgan fingerprint density at radius 2 is 0.600 bits per heavy atom. The molecule has 6 aromatic rings. The van der Waals surface area contributed by atoms with Gasteiger partial charge in [-0.2, -0.15) is 0 Å². The van der Waals surface area contributed by atoms with E-state index in [2.05, 4.69) is 98.8 Å². The number of fused-ring (bicyclic) bond motifs is 7. The Kier molecular flexibility index (Phi) is 14.0. The maximum absolute atomic E-state index is 2.45. The molecule has 264 valence electrons. The van der Waals surface area contributed by atoms with Gasteiger partial charge < -0.3 is 0 Å². The van der Waals surface area contributed by atoms with Crippen LogP contribution in [0.3, 0.4) is 0 Å². The number of hydrogen-bond acceptors (Lipinski definition) is 0. The summed E-state index contributed by atoms with van der Waals surface area (Å²) in [4.78, 5) is 0. The van der Waals surface area contributed by atoms with Gasteiger partial charge in [0.15, 0.2) is 0 Å². The van der Waals surface area contributed by atoms with Gasteiger partial charge in [-0.15, -0.1) is 0 Å². The van der Waals surface area contributed by atoms with E-state index in [0.717, 1.165) is 0 Å². The van der Waals surface area contributed by atoms with E-state index in [0.29, 0.717) is 0 Å². The monoisotopic (exact) mass is 665 g/mol. The summed E-state index contributed by atoms with van der Waals surface area (Å²) in [6, 6.07) is 33.5. The molecule has 0 fully saturated rings. The third kappa shape index (κ3) is 9.90. The lowest BCUT2D eigenvalue weighted by Crippen LogP contribution is -1.88. The van der Waals surface area contributed by atoms with Crippen molar-refractivity contribution in [2.75, 3.05) is 0 Å². The van der Waals surface area contributed by atoms with E-state index in [1.807, 2.05) is 0 Å². The summed E-state index contributed by atoms with van der Waals surface area (Å²) in [5, 5.41) is 13.6. The van der Waals surface area contributed by atoms with Gasteiger partial charge in [0.2, 0.25) is 0 Å². The first kappa shape index (κ1) is 36.4. The number of unbranched alkanes of at least 4 members (excludes halogenated alkanes) is 18. The smallest absolute Gasteiger partial charge is 0.00987 e. The predicted molar refractivity (Wildman–Crippen MR) is 225 cm³/mol. The van der Waals surface area contributed by atoms with Crippen LogP contribution >= 0.6 is 0 Å². The Balaban J connectivity index is 1.07. The Morgan fingerprint density at radius 3 is 0.980 bits per heavy atom. The summed E-state index contributed by atoms with van der Waals surface area (Å²) in [5.74, 6) is 0. The first-order chi connectivity index (χ1) is 24.7. The quantitative estimate of drug-likeness (QED) is 0.0385. The number of benzene rings is 6. The summed E-state index contributed by atoms with van der Waals surface area (Å²) in [6.45, 7) is 4.60. The molecule has 0 amide bonds. The van der Waals surface area contributed by atoms with Crippen molar-refractivity contribution >= 4 is 53.9 Å². The fourth-order valence-electron chi connectivity index (χ4n) is 8.41. The first-order valence-electron chi connectivity index (χ1n) is 21.0. The lowest BCUT2D eigenvalue weighted by atomic mass is 9.92. The molecule has 6 rings (SSSR count). The second-order valence-electron chi connectivity index (χ2n) is 15.6. The van der Waals surface area contributed by atoms with Crippen molar-refractivity contribution in [2.45, 2.75) is 155 Å². The molecule has 0 aliphatic heterocycles. The Morgan fingerprint density at radius 1 is 0.260 bits per heavy atom. The number of aryl methyl sites for hydroxylation is 2. The van der Waals surface area contributed by atoms with Crippen LogP contribution < -0.4 is 0 Å². The summed E-state index contributed by atoms with van der Waals surface area (Å²) in [5.41, 5.74) is 2.98. The molecule has 0 aliphatic carbocycles. The van der Waals surface area contributed by atoms with Gasteiger partial charge in [0, 0.05) is 0 Å². The van der Waals surface area contributed by atoms with Crippen LogP contribution in [-0.4, -0.2) is 0 Å². The van der Waals surface area contributed by atoms with Gasteiger partial charge in [-0.1, -0.05) is 190 Å². The van der Waals surface area contributed by atoms with Crippen molar-refractivity contribution in [3.63, 3.8) is 0 Å². The van der Waals surface area contributed by atoms with Crippen LogP contribution in [0.5, 0.6) is 0 Å². The number of rotatable bonds is 22. The standard InChI is InChI=1S/C50H64/c1-3-5-7-9-11-13-15-17-19-21-23-39-25-27-41-37-49-43(35-45(41)33-39)29-31-48-47(49)32-30-44-36-46-34-40(26-28-42(46)38-50(44)48)24-22-20-18-16-14-12-10-8-6-4-2/h25-38H,3-24H2,1-2H3. The highest BCUT2D eigenvalue weighted by molar-refractivity contribution is 6.20. The highest BCUT2D eigenvalue weighted by atomic mass is 14.1. The molecule has 50 heavy (non-hydrogen) atoms. The van der Waals surface area contributed by atoms with E-state index >= 15 is 0 Å². The average Bonchev–Trinajstić information content (AvgIpc) is 3.14. The SMILES string of the molecule is CCCCCCCCCCCCc1ccc2cc3c(ccc4c5cc6ccc(CCCCCCCCCCCC)cc6cc5ccc34)cc2c1. The minimum Gasteiger partial charge on any atom is -0.0654 e. The van der Waals surface area contributed by atoms with E-state index in [9.17, 15) is 0 Å². The van der Waals surface area contributed by atoms with Crippen LogP contribution in [0.4, 0.5) is 0 Å². The van der Waals surface area contributed by atoms with E-state index in [1.54, 1.807) is 0 Å².